The van der Waals surface area contributed by atoms with Gasteiger partial charge in [-0.3, -0.25) is 0 Å². The van der Waals surface area contributed by atoms with Gasteiger partial charge in [0.2, 0.25) is 0 Å². The van der Waals surface area contributed by atoms with Crippen molar-refractivity contribution in [2.24, 2.45) is 0 Å². The number of hydrogen-bond donors (Lipinski definition) is 0. The van der Waals surface area contributed by atoms with E-state index in [0.29, 0.717) is 0 Å². The highest BCUT2D eigenvalue weighted by Crippen LogP contribution is 2.56. The Bertz CT molecular complexity index is 2230. The second kappa shape index (κ2) is 28.4. The van der Waals surface area contributed by atoms with Crippen molar-refractivity contribution in [3.05, 3.63) is 117 Å². The van der Waals surface area contributed by atoms with Gasteiger partial charge in [-0.25, -0.2) is 0 Å². The summed E-state index contributed by atoms with van der Waals surface area (Å²) in [5.74, 6) is 15.1. The molecule has 0 amide bonds. The fourth-order valence-electron chi connectivity index (χ4n) is 11.6. The highest BCUT2D eigenvalue weighted by Gasteiger charge is 2.44. The third-order valence-electron chi connectivity index (χ3n) is 15.3. The Kier molecular flexibility index (Phi) is 22.5. The maximum atomic E-state index is 5.87. The molecule has 0 radical (unpaired) electrons. The summed E-state index contributed by atoms with van der Waals surface area (Å²) >= 11 is 0. The lowest BCUT2D eigenvalue weighted by Gasteiger charge is -2.33. The van der Waals surface area contributed by atoms with E-state index in [1.165, 1.54) is 224 Å². The molecule has 0 heterocycles. The molecule has 0 nitrogen and oxygen atoms in total. The second-order valence-corrected chi connectivity index (χ2v) is 20.1. The van der Waals surface area contributed by atoms with E-state index in [0.717, 1.165) is 22.3 Å². The molecule has 0 atom stereocenters. The van der Waals surface area contributed by atoms with Gasteiger partial charge in [-0.15, -0.1) is 25.2 Å². The minimum absolute atomic E-state index is 0.0416. The zero-order chi connectivity index (χ0) is 47.7. The number of benzene rings is 4. The second-order valence-electron chi connectivity index (χ2n) is 20.1. The molecule has 0 fully saturated rings. The normalized spacial score (nSPS) is 13.1. The van der Waals surface area contributed by atoms with Gasteiger partial charge < -0.3 is 0 Å². The van der Waals surface area contributed by atoms with Gasteiger partial charge in [-0.2, -0.15) is 0 Å². The predicted molar refractivity (Wildman–Crippen MR) is 294 cm³/mol. The summed E-state index contributed by atoms with van der Waals surface area (Å²) in [6.07, 6.45) is 54.2. The average Bonchev–Trinajstić information content (AvgIpc) is 3.78. The van der Waals surface area contributed by atoms with Crippen LogP contribution >= 0.6 is 0 Å². The van der Waals surface area contributed by atoms with Gasteiger partial charge in [-0.1, -0.05) is 230 Å². The van der Waals surface area contributed by atoms with E-state index in [1.54, 1.807) is 0 Å². The Balaban J connectivity index is 0.000000251. The number of unbranched alkanes of at least 4 members (excludes halogenated alkanes) is 20. The van der Waals surface area contributed by atoms with E-state index in [2.05, 4.69) is 130 Å². The first kappa shape index (κ1) is 53.1. The number of rotatable bonds is 28. The molecule has 2 aliphatic carbocycles. The number of terminal acetylenes is 3. The van der Waals surface area contributed by atoms with Gasteiger partial charge in [0.25, 0.3) is 0 Å². The van der Waals surface area contributed by atoms with Crippen LogP contribution in [0.25, 0.3) is 22.3 Å². The Morgan fingerprint density at radius 2 is 0.567 bits per heavy atom. The maximum Gasteiger partial charge on any atom is 0.0248 e. The standard InChI is InChI=1S/C34H44.C33H42/c1-5-9-11-13-15-17-24-34(25-18-16-14-12-10-6-2)32-26-28(8-4)20-22-30(32)31-23-21-29(19-7-3)27-33(31)34;1-5-9-11-13-15-17-23-33(24-18-16-14-12-10-6-2)31-25-27(7-3)19-21-29(31)30-22-20-28(8-4)26-32(30)33/h4,20-23,26-27H,5-6,9-18,24-25H2,1-3H3;3-4,19-22,25-26H,5-6,9-18,23-24H2,1-2H3. The number of fused-ring (bicyclic) bond motifs is 6. The van der Waals surface area contributed by atoms with E-state index in [1.807, 2.05) is 6.92 Å². The van der Waals surface area contributed by atoms with Crippen LogP contribution in [0.5, 0.6) is 0 Å². The van der Waals surface area contributed by atoms with E-state index >= 15 is 0 Å². The van der Waals surface area contributed by atoms with Crippen molar-refractivity contribution in [2.75, 3.05) is 0 Å². The first-order valence-electron chi connectivity index (χ1n) is 27.3. The summed E-state index contributed by atoms with van der Waals surface area (Å²) in [7, 11) is 0. The molecule has 0 bridgehead atoms. The van der Waals surface area contributed by atoms with E-state index in [4.69, 9.17) is 19.3 Å². The van der Waals surface area contributed by atoms with Crippen LogP contribution in [-0.2, 0) is 10.8 Å². The van der Waals surface area contributed by atoms with Crippen LogP contribution in [0, 0.1) is 48.9 Å². The monoisotopic (exact) mass is 891 g/mol. The highest BCUT2D eigenvalue weighted by atomic mass is 14.5. The minimum Gasteiger partial charge on any atom is -0.115 e. The molecule has 0 heteroatoms. The zero-order valence-electron chi connectivity index (χ0n) is 43.0. The summed E-state index contributed by atoms with van der Waals surface area (Å²) in [4.78, 5) is 0. The van der Waals surface area contributed by atoms with E-state index < -0.39 is 0 Å². The first-order valence-corrected chi connectivity index (χ1v) is 27.3. The largest absolute Gasteiger partial charge is 0.115 e. The molecule has 4 aromatic carbocycles. The first-order chi connectivity index (χ1) is 32.9. The van der Waals surface area contributed by atoms with Gasteiger partial charge in [-0.05, 0) is 126 Å². The summed E-state index contributed by atoms with van der Waals surface area (Å²) < 4.78 is 0. The van der Waals surface area contributed by atoms with Crippen LogP contribution in [0.3, 0.4) is 0 Å². The van der Waals surface area contributed by atoms with Crippen molar-refractivity contribution < 1.29 is 0 Å². The van der Waals surface area contributed by atoms with Gasteiger partial charge in [0.05, 0.1) is 0 Å². The zero-order valence-corrected chi connectivity index (χ0v) is 43.0. The van der Waals surface area contributed by atoms with E-state index in [9.17, 15) is 0 Å². The van der Waals surface area contributed by atoms with Gasteiger partial charge in [0, 0.05) is 33.1 Å². The van der Waals surface area contributed by atoms with Crippen LogP contribution in [-0.4, -0.2) is 0 Å². The molecule has 67 heavy (non-hydrogen) atoms. The predicted octanol–water partition coefficient (Wildman–Crippen LogP) is 19.2. The summed E-state index contributed by atoms with van der Waals surface area (Å²) in [5, 5.41) is 0. The van der Waals surface area contributed by atoms with Crippen LogP contribution in [0.1, 0.15) is 259 Å². The molecule has 0 N–H and O–H groups in total. The van der Waals surface area contributed by atoms with Crippen LogP contribution < -0.4 is 0 Å². The van der Waals surface area contributed by atoms with Crippen molar-refractivity contribution in [3.63, 3.8) is 0 Å². The molecular weight excluding hydrogens is 805 g/mol. The van der Waals surface area contributed by atoms with Gasteiger partial charge >= 0.3 is 0 Å². The fourth-order valence-corrected chi connectivity index (χ4v) is 11.6. The summed E-state index contributed by atoms with van der Waals surface area (Å²) in [6, 6.07) is 26.9. The Morgan fingerprint density at radius 3 is 0.821 bits per heavy atom. The number of hydrogen-bond acceptors (Lipinski definition) is 0. The molecule has 6 rings (SSSR count). The molecule has 0 saturated heterocycles. The SMILES string of the molecule is C#Cc1ccc2c(c1)C(CCCCCCCC)(CCCCCCCC)c1cc(C#C)ccc1-2.C#Cc1ccc2c(c1)C(CCCCCCCC)(CCCCCCCC)c1cc(C#CC)ccc1-2. The maximum absolute atomic E-state index is 5.87. The quantitative estimate of drug-likeness (QED) is 0.0394. The summed E-state index contributed by atoms with van der Waals surface area (Å²) in [5.41, 5.74) is 15.6. The van der Waals surface area contributed by atoms with Crippen molar-refractivity contribution in [1.82, 2.24) is 0 Å². The van der Waals surface area contributed by atoms with Crippen molar-refractivity contribution in [3.8, 4) is 71.1 Å². The van der Waals surface area contributed by atoms with Crippen molar-refractivity contribution in [2.45, 2.75) is 225 Å². The molecule has 354 valence electrons. The molecule has 4 aromatic rings. The minimum atomic E-state index is 0.0416. The van der Waals surface area contributed by atoms with Crippen LogP contribution in [0.15, 0.2) is 72.8 Å². The Labute approximate surface area is 411 Å². The van der Waals surface area contributed by atoms with Crippen LogP contribution in [0.2, 0.25) is 0 Å². The van der Waals surface area contributed by atoms with Crippen molar-refractivity contribution in [1.29, 1.82) is 0 Å². The van der Waals surface area contributed by atoms with Crippen molar-refractivity contribution >= 4 is 0 Å². The Morgan fingerprint density at radius 1 is 0.328 bits per heavy atom. The lowest BCUT2D eigenvalue weighted by atomic mass is 9.70. The fraction of sp³-hybridized carbons (Fsp3) is 0.522. The topological polar surface area (TPSA) is 0 Å². The van der Waals surface area contributed by atoms with Gasteiger partial charge in [0.15, 0.2) is 0 Å². The third kappa shape index (κ3) is 13.9. The van der Waals surface area contributed by atoms with E-state index in [-0.39, 0.29) is 10.8 Å². The molecule has 0 unspecified atom stereocenters. The lowest BCUT2D eigenvalue weighted by molar-refractivity contribution is 0.397. The van der Waals surface area contributed by atoms with Gasteiger partial charge in [0.1, 0.15) is 0 Å². The molecule has 0 spiro atoms. The summed E-state index contributed by atoms with van der Waals surface area (Å²) in [6.45, 7) is 11.1. The molecule has 2 aliphatic rings. The molecule has 0 aliphatic heterocycles. The molecule has 0 saturated carbocycles. The molecular formula is C67H86. The average molecular weight is 891 g/mol. The smallest absolute Gasteiger partial charge is 0.0248 e. The lowest BCUT2D eigenvalue weighted by Crippen LogP contribution is -2.26. The Hall–Kier alpha value is -4.88. The third-order valence-corrected chi connectivity index (χ3v) is 15.3. The molecule has 0 aromatic heterocycles. The van der Waals surface area contributed by atoms with Crippen LogP contribution in [0.4, 0.5) is 0 Å². The highest BCUT2D eigenvalue weighted by molar-refractivity contribution is 5.83.